The van der Waals surface area contributed by atoms with Crippen LogP contribution in [0.3, 0.4) is 0 Å². The average Bonchev–Trinajstić information content (AvgIpc) is 3.45. The number of rotatable bonds is 12. The van der Waals surface area contributed by atoms with Gasteiger partial charge in [0, 0.05) is 11.1 Å². The summed E-state index contributed by atoms with van der Waals surface area (Å²) in [6.07, 6.45) is 10.6. The lowest BCUT2D eigenvalue weighted by Crippen LogP contribution is -2.32. The van der Waals surface area contributed by atoms with Crippen LogP contribution in [0.15, 0.2) is 24.3 Å². The lowest BCUT2D eigenvalue weighted by Gasteiger charge is -2.16. The number of likely N-dealkylation sites (N-methyl/N-ethyl adjacent to an activating group) is 4. The highest BCUT2D eigenvalue weighted by Gasteiger charge is 2.31. The van der Waals surface area contributed by atoms with E-state index >= 15 is 0 Å². The number of carboxylic acids is 2. The fourth-order valence-electron chi connectivity index (χ4n) is 5.66. The van der Waals surface area contributed by atoms with Gasteiger partial charge in [0.05, 0.1) is 52.0 Å². The first kappa shape index (κ1) is 35.1. The van der Waals surface area contributed by atoms with Gasteiger partial charge in [0.1, 0.15) is 26.2 Å². The van der Waals surface area contributed by atoms with Crippen LogP contribution in [-0.2, 0) is 0 Å². The quantitative estimate of drug-likeness (QED) is 0.367. The number of amidine groups is 2. The molecule has 1 aromatic carbocycles. The molecule has 0 spiro atoms. The third kappa shape index (κ3) is 10.6. The van der Waals surface area contributed by atoms with Crippen LogP contribution in [-0.4, -0.2) is 96.9 Å². The zero-order valence-corrected chi connectivity index (χ0v) is 26.4. The molecule has 0 amide bonds. The number of carbonyl (C=O) groups excluding carboxylic acids is 2. The van der Waals surface area contributed by atoms with Crippen molar-refractivity contribution < 1.29 is 29.0 Å². The first-order valence-corrected chi connectivity index (χ1v) is 15.1. The standard InChI is InChI=1S/2C12H25N2.C8H6O4/c2*1-5-7-8-11(6-2)12-13(3)9-10-14(12)4;9-7(10)5-3-1-2-4-6(5)8(11)12/h2*11H,5-10H2,1-4H3;1-4H,(H,9,10)(H,11,12)/q2*+1;/p-2. The van der Waals surface area contributed by atoms with Gasteiger partial charge < -0.3 is 19.8 Å². The van der Waals surface area contributed by atoms with Crippen LogP contribution in [0.25, 0.3) is 0 Å². The van der Waals surface area contributed by atoms with Gasteiger partial charge >= 0.3 is 0 Å². The van der Waals surface area contributed by atoms with E-state index in [4.69, 9.17) is 0 Å². The molecule has 0 radical (unpaired) electrons. The molecule has 2 unspecified atom stereocenters. The first-order chi connectivity index (χ1) is 19.0. The summed E-state index contributed by atoms with van der Waals surface area (Å²) >= 11 is 0. The Balaban J connectivity index is 0.000000301. The summed E-state index contributed by atoms with van der Waals surface area (Å²) in [5.74, 6) is 1.67. The van der Waals surface area contributed by atoms with Crippen molar-refractivity contribution in [3.8, 4) is 0 Å². The Morgan fingerprint density at radius 1 is 0.750 bits per heavy atom. The molecule has 1 aromatic rings. The first-order valence-electron chi connectivity index (χ1n) is 15.1. The van der Waals surface area contributed by atoms with Gasteiger partial charge in [-0.15, -0.1) is 0 Å². The Kier molecular flexibility index (Phi) is 16.2. The van der Waals surface area contributed by atoms with Crippen molar-refractivity contribution >= 4 is 23.6 Å². The van der Waals surface area contributed by atoms with Gasteiger partial charge in [0.2, 0.25) is 11.7 Å². The molecule has 2 atom stereocenters. The largest absolute Gasteiger partial charge is 0.545 e. The number of hydrogen-bond acceptors (Lipinski definition) is 6. The predicted octanol–water partition coefficient (Wildman–Crippen LogP) is 2.79. The highest BCUT2D eigenvalue weighted by atomic mass is 16.4. The van der Waals surface area contributed by atoms with E-state index in [0.717, 1.165) is 24.0 Å². The molecule has 0 saturated carbocycles. The van der Waals surface area contributed by atoms with Crippen molar-refractivity contribution in [1.82, 2.24) is 9.80 Å². The molecule has 0 fully saturated rings. The predicted molar refractivity (Wildman–Crippen MR) is 159 cm³/mol. The molecule has 2 aliphatic rings. The molecule has 0 N–H and O–H groups in total. The van der Waals surface area contributed by atoms with Gasteiger partial charge in [0.25, 0.3) is 0 Å². The zero-order valence-electron chi connectivity index (χ0n) is 26.4. The van der Waals surface area contributed by atoms with Gasteiger partial charge in [-0.1, -0.05) is 77.6 Å². The summed E-state index contributed by atoms with van der Waals surface area (Å²) in [5, 5.41) is 20.6. The molecule has 0 aliphatic carbocycles. The third-order valence-electron chi connectivity index (χ3n) is 8.00. The molecule has 226 valence electrons. The number of carbonyl (C=O) groups is 2. The van der Waals surface area contributed by atoms with Gasteiger partial charge in [-0.25, -0.2) is 0 Å². The Morgan fingerprint density at radius 3 is 1.32 bits per heavy atom. The smallest absolute Gasteiger partial charge is 0.249 e. The number of unbranched alkanes of at least 4 members (excludes halogenated alkanes) is 2. The molecule has 0 saturated heterocycles. The molecule has 2 aliphatic heterocycles. The minimum absolute atomic E-state index is 0.363. The zero-order chi connectivity index (χ0) is 30.2. The second-order valence-electron chi connectivity index (χ2n) is 11.0. The van der Waals surface area contributed by atoms with Crippen LogP contribution in [0.2, 0.25) is 0 Å². The molecule has 3 rings (SSSR count). The summed E-state index contributed by atoms with van der Waals surface area (Å²) in [6.45, 7) is 14.0. The summed E-state index contributed by atoms with van der Waals surface area (Å²) in [6, 6.07) is 5.14. The van der Waals surface area contributed by atoms with E-state index in [1.807, 2.05) is 0 Å². The number of hydrogen-bond donors (Lipinski definition) is 0. The Morgan fingerprint density at radius 2 is 1.10 bits per heavy atom. The van der Waals surface area contributed by atoms with Crippen LogP contribution >= 0.6 is 0 Å². The van der Waals surface area contributed by atoms with Crippen molar-refractivity contribution in [3.63, 3.8) is 0 Å². The van der Waals surface area contributed by atoms with E-state index in [2.05, 4.69) is 74.8 Å². The molecule has 2 heterocycles. The minimum Gasteiger partial charge on any atom is -0.545 e. The minimum atomic E-state index is -1.52. The molecule has 0 aromatic heterocycles. The van der Waals surface area contributed by atoms with E-state index in [-0.39, 0.29) is 11.1 Å². The number of aromatic carboxylic acids is 2. The van der Waals surface area contributed by atoms with Crippen LogP contribution in [0.4, 0.5) is 0 Å². The van der Waals surface area contributed by atoms with Crippen molar-refractivity contribution in [1.29, 1.82) is 0 Å². The lowest BCUT2D eigenvalue weighted by atomic mass is 9.97. The Bertz CT molecular complexity index is 925. The number of nitrogens with zero attached hydrogens (tertiary/aromatic N) is 4. The second-order valence-corrected chi connectivity index (χ2v) is 11.0. The molecule has 40 heavy (non-hydrogen) atoms. The molecular weight excluding hydrogens is 504 g/mol. The maximum absolute atomic E-state index is 10.3. The Labute approximate surface area is 243 Å². The van der Waals surface area contributed by atoms with E-state index in [9.17, 15) is 19.8 Å². The monoisotopic (exact) mass is 558 g/mol. The van der Waals surface area contributed by atoms with E-state index in [1.54, 1.807) is 11.7 Å². The Hall–Kier alpha value is -2.90. The van der Waals surface area contributed by atoms with Crippen molar-refractivity contribution in [2.75, 3.05) is 54.4 Å². The number of benzene rings is 1. The summed E-state index contributed by atoms with van der Waals surface area (Å²) in [5.41, 5.74) is -0.727. The fraction of sp³-hybridized carbons (Fsp3) is 0.688. The van der Waals surface area contributed by atoms with Crippen LogP contribution in [0.5, 0.6) is 0 Å². The summed E-state index contributed by atoms with van der Waals surface area (Å²) < 4.78 is 4.87. The lowest BCUT2D eigenvalue weighted by molar-refractivity contribution is -0.489. The topological polar surface area (TPSA) is 92.8 Å². The van der Waals surface area contributed by atoms with Crippen molar-refractivity contribution in [3.05, 3.63) is 35.4 Å². The van der Waals surface area contributed by atoms with Gasteiger partial charge in [0.15, 0.2) is 0 Å². The van der Waals surface area contributed by atoms with Crippen molar-refractivity contribution in [2.45, 2.75) is 79.1 Å². The van der Waals surface area contributed by atoms with E-state index in [1.165, 1.54) is 89.7 Å². The van der Waals surface area contributed by atoms with Crippen LogP contribution in [0.1, 0.15) is 99.8 Å². The van der Waals surface area contributed by atoms with E-state index < -0.39 is 11.9 Å². The SMILES string of the molecule is CCCCC(CC)C1=[N+](C)CCN1C.CCCCC(CC)C1=[N+](C)CCN1C.O=C([O-])c1ccccc1C(=O)[O-]. The van der Waals surface area contributed by atoms with Crippen molar-refractivity contribution in [2.24, 2.45) is 11.8 Å². The highest BCUT2D eigenvalue weighted by Crippen LogP contribution is 2.19. The number of carboxylic acid groups (broad SMARTS) is 2. The fourth-order valence-corrected chi connectivity index (χ4v) is 5.66. The van der Waals surface area contributed by atoms with E-state index in [0.29, 0.717) is 0 Å². The van der Waals surface area contributed by atoms with Crippen LogP contribution < -0.4 is 10.2 Å². The maximum atomic E-state index is 10.3. The highest BCUT2D eigenvalue weighted by molar-refractivity contribution is 5.99. The van der Waals surface area contributed by atoms with Gasteiger partial charge in [-0.2, -0.15) is 0 Å². The molecule has 0 bridgehead atoms. The average molecular weight is 559 g/mol. The molecular formula is C32H54N4O4. The summed E-state index contributed by atoms with van der Waals surface area (Å²) in [4.78, 5) is 25.5. The molecule has 8 nitrogen and oxygen atoms in total. The van der Waals surface area contributed by atoms with Crippen LogP contribution in [0, 0.1) is 11.8 Å². The second kappa shape index (κ2) is 18.4. The van der Waals surface area contributed by atoms with Gasteiger partial charge in [-0.3, -0.25) is 19.0 Å². The summed E-state index contributed by atoms with van der Waals surface area (Å²) in [7, 11) is 8.92. The third-order valence-corrected chi connectivity index (χ3v) is 8.00. The maximum Gasteiger partial charge on any atom is 0.249 e. The molecule has 8 heteroatoms. The normalized spacial score (nSPS) is 16.3. The van der Waals surface area contributed by atoms with Gasteiger partial charge in [-0.05, 0) is 25.7 Å².